The lowest BCUT2D eigenvalue weighted by atomic mass is 10.2. The predicted octanol–water partition coefficient (Wildman–Crippen LogP) is 2.46. The van der Waals surface area contributed by atoms with E-state index in [1.54, 1.807) is 0 Å². The van der Waals surface area contributed by atoms with Gasteiger partial charge in [0.15, 0.2) is 0 Å². The van der Waals surface area contributed by atoms with Gasteiger partial charge in [0.1, 0.15) is 5.82 Å². The summed E-state index contributed by atoms with van der Waals surface area (Å²) in [4.78, 5) is 6.84. The minimum atomic E-state index is 0.320. The summed E-state index contributed by atoms with van der Waals surface area (Å²) in [5.74, 6) is 2.20. The number of hydrogen-bond acceptors (Lipinski definition) is 5. The van der Waals surface area contributed by atoms with Gasteiger partial charge in [-0.15, -0.1) is 0 Å². The van der Waals surface area contributed by atoms with Crippen LogP contribution in [0.4, 0.5) is 11.5 Å². The number of ether oxygens (including phenoxy) is 2. The molecule has 21 heavy (non-hydrogen) atoms. The van der Waals surface area contributed by atoms with E-state index in [9.17, 15) is 0 Å². The van der Waals surface area contributed by atoms with Gasteiger partial charge in [-0.25, -0.2) is 0 Å². The van der Waals surface area contributed by atoms with E-state index in [0.717, 1.165) is 45.0 Å². The van der Waals surface area contributed by atoms with Crippen molar-refractivity contribution in [3.8, 4) is 5.88 Å². The number of rotatable bonds is 7. The standard InChI is InChI=1S/C16H25N3O2/c1-2-19(10-13-4-3-9-20-13)15-8-7-14(17)16(18-15)21-11-12-5-6-12/h7-8,12-13H,2-6,9-11,17H2,1H3. The monoisotopic (exact) mass is 291 g/mol. The van der Waals surface area contributed by atoms with E-state index in [0.29, 0.717) is 23.6 Å². The van der Waals surface area contributed by atoms with Crippen molar-refractivity contribution >= 4 is 11.5 Å². The van der Waals surface area contributed by atoms with Crippen LogP contribution in [-0.4, -0.2) is 37.4 Å². The van der Waals surface area contributed by atoms with E-state index in [1.165, 1.54) is 12.8 Å². The molecule has 1 unspecified atom stereocenters. The molecule has 0 bridgehead atoms. The molecule has 1 atom stereocenters. The number of nitrogens with zero attached hydrogens (tertiary/aromatic N) is 2. The number of aromatic nitrogens is 1. The SMILES string of the molecule is CCN(CC1CCCO1)c1ccc(N)c(OCC2CC2)n1. The van der Waals surface area contributed by atoms with Gasteiger partial charge in [-0.05, 0) is 50.7 Å². The molecule has 1 aromatic rings. The Morgan fingerprint density at radius 1 is 1.38 bits per heavy atom. The van der Waals surface area contributed by atoms with E-state index in [2.05, 4.69) is 16.8 Å². The van der Waals surface area contributed by atoms with Crippen molar-refractivity contribution in [1.82, 2.24) is 4.98 Å². The zero-order chi connectivity index (χ0) is 14.7. The van der Waals surface area contributed by atoms with Crippen LogP contribution in [0.2, 0.25) is 0 Å². The molecule has 0 amide bonds. The van der Waals surface area contributed by atoms with Gasteiger partial charge >= 0.3 is 0 Å². The van der Waals surface area contributed by atoms with Crippen LogP contribution in [0.15, 0.2) is 12.1 Å². The van der Waals surface area contributed by atoms with Gasteiger partial charge in [0, 0.05) is 19.7 Å². The Bertz CT molecular complexity index is 471. The maximum Gasteiger partial charge on any atom is 0.239 e. The molecule has 0 aromatic carbocycles. The molecule has 3 rings (SSSR count). The third-order valence-electron chi connectivity index (χ3n) is 4.18. The first-order chi connectivity index (χ1) is 10.3. The molecule has 2 fully saturated rings. The Labute approximate surface area is 126 Å². The summed E-state index contributed by atoms with van der Waals surface area (Å²) in [6.07, 6.45) is 5.14. The number of pyridine rings is 1. The molecule has 2 heterocycles. The fraction of sp³-hybridized carbons (Fsp3) is 0.688. The summed E-state index contributed by atoms with van der Waals surface area (Å²) >= 11 is 0. The van der Waals surface area contributed by atoms with Gasteiger partial charge in [-0.2, -0.15) is 4.98 Å². The summed E-state index contributed by atoms with van der Waals surface area (Å²) in [7, 11) is 0. The molecule has 0 radical (unpaired) electrons. The summed E-state index contributed by atoms with van der Waals surface area (Å²) in [5.41, 5.74) is 6.59. The molecule has 1 saturated carbocycles. The van der Waals surface area contributed by atoms with Crippen LogP contribution in [0.3, 0.4) is 0 Å². The van der Waals surface area contributed by atoms with Gasteiger partial charge in [-0.1, -0.05) is 0 Å². The first kappa shape index (κ1) is 14.4. The number of nitrogens with two attached hydrogens (primary N) is 1. The Kier molecular flexibility index (Phi) is 4.48. The zero-order valence-corrected chi connectivity index (χ0v) is 12.8. The van der Waals surface area contributed by atoms with Gasteiger partial charge in [-0.3, -0.25) is 0 Å². The highest BCUT2D eigenvalue weighted by molar-refractivity contribution is 5.54. The molecule has 2 aliphatic rings. The first-order valence-electron chi connectivity index (χ1n) is 8.02. The van der Waals surface area contributed by atoms with Crippen LogP contribution in [0.25, 0.3) is 0 Å². The third-order valence-corrected chi connectivity index (χ3v) is 4.18. The van der Waals surface area contributed by atoms with Crippen molar-refractivity contribution in [3.05, 3.63) is 12.1 Å². The molecule has 5 nitrogen and oxygen atoms in total. The van der Waals surface area contributed by atoms with Crippen molar-refractivity contribution in [2.45, 2.75) is 38.7 Å². The average molecular weight is 291 g/mol. The van der Waals surface area contributed by atoms with Gasteiger partial charge in [0.05, 0.1) is 18.4 Å². The first-order valence-corrected chi connectivity index (χ1v) is 8.02. The highest BCUT2D eigenvalue weighted by atomic mass is 16.5. The Morgan fingerprint density at radius 3 is 2.90 bits per heavy atom. The van der Waals surface area contributed by atoms with Crippen molar-refractivity contribution in [3.63, 3.8) is 0 Å². The molecule has 1 saturated heterocycles. The van der Waals surface area contributed by atoms with Crippen molar-refractivity contribution in [2.75, 3.05) is 36.9 Å². The molecule has 116 valence electrons. The predicted molar refractivity (Wildman–Crippen MR) is 83.7 cm³/mol. The van der Waals surface area contributed by atoms with Crippen LogP contribution >= 0.6 is 0 Å². The quantitative estimate of drug-likeness (QED) is 0.836. The van der Waals surface area contributed by atoms with Crippen molar-refractivity contribution in [2.24, 2.45) is 5.92 Å². The highest BCUT2D eigenvalue weighted by Gasteiger charge is 2.23. The molecule has 1 aliphatic carbocycles. The molecular formula is C16H25N3O2. The molecule has 0 spiro atoms. The number of nitrogen functional groups attached to an aromatic ring is 1. The third kappa shape index (κ3) is 3.79. The number of hydrogen-bond donors (Lipinski definition) is 1. The Balaban J connectivity index is 1.67. The van der Waals surface area contributed by atoms with Crippen LogP contribution in [0, 0.1) is 5.92 Å². The van der Waals surface area contributed by atoms with E-state index in [4.69, 9.17) is 15.2 Å². The average Bonchev–Trinajstić information content (AvgIpc) is 3.19. The van der Waals surface area contributed by atoms with Gasteiger partial charge in [0.2, 0.25) is 5.88 Å². The maximum atomic E-state index is 5.97. The lowest BCUT2D eigenvalue weighted by molar-refractivity contribution is 0.115. The Morgan fingerprint density at radius 2 is 2.24 bits per heavy atom. The summed E-state index contributed by atoms with van der Waals surface area (Å²) in [6.45, 7) is 5.54. The van der Waals surface area contributed by atoms with E-state index < -0.39 is 0 Å². The Hall–Kier alpha value is -1.49. The van der Waals surface area contributed by atoms with Crippen LogP contribution in [0.5, 0.6) is 5.88 Å². The smallest absolute Gasteiger partial charge is 0.239 e. The molecule has 2 N–H and O–H groups in total. The van der Waals surface area contributed by atoms with Crippen molar-refractivity contribution < 1.29 is 9.47 Å². The molecule has 1 aliphatic heterocycles. The van der Waals surface area contributed by atoms with Crippen molar-refractivity contribution in [1.29, 1.82) is 0 Å². The second kappa shape index (κ2) is 6.52. The highest BCUT2D eigenvalue weighted by Crippen LogP contribution is 2.31. The lowest BCUT2D eigenvalue weighted by Crippen LogP contribution is -2.32. The fourth-order valence-electron chi connectivity index (χ4n) is 2.63. The fourth-order valence-corrected chi connectivity index (χ4v) is 2.63. The summed E-state index contributed by atoms with van der Waals surface area (Å²) < 4.78 is 11.5. The van der Waals surface area contributed by atoms with E-state index in [1.807, 2.05) is 12.1 Å². The lowest BCUT2D eigenvalue weighted by Gasteiger charge is -2.25. The normalized spacial score (nSPS) is 21.5. The largest absolute Gasteiger partial charge is 0.476 e. The number of anilines is 2. The minimum Gasteiger partial charge on any atom is -0.476 e. The second-order valence-corrected chi connectivity index (χ2v) is 5.99. The minimum absolute atomic E-state index is 0.320. The van der Waals surface area contributed by atoms with Gasteiger partial charge in [0.25, 0.3) is 0 Å². The maximum absolute atomic E-state index is 5.97. The molecule has 1 aromatic heterocycles. The summed E-state index contributed by atoms with van der Waals surface area (Å²) in [6, 6.07) is 3.86. The van der Waals surface area contributed by atoms with E-state index in [-0.39, 0.29) is 0 Å². The zero-order valence-electron chi connectivity index (χ0n) is 12.8. The van der Waals surface area contributed by atoms with Crippen LogP contribution in [0.1, 0.15) is 32.6 Å². The molecular weight excluding hydrogens is 266 g/mol. The second-order valence-electron chi connectivity index (χ2n) is 5.99. The topological polar surface area (TPSA) is 60.6 Å². The summed E-state index contributed by atoms with van der Waals surface area (Å²) in [5, 5.41) is 0. The van der Waals surface area contributed by atoms with Crippen LogP contribution in [-0.2, 0) is 4.74 Å². The molecule has 5 heteroatoms. The van der Waals surface area contributed by atoms with Crippen LogP contribution < -0.4 is 15.4 Å². The van der Waals surface area contributed by atoms with E-state index >= 15 is 0 Å². The van der Waals surface area contributed by atoms with Gasteiger partial charge < -0.3 is 20.1 Å². The number of likely N-dealkylation sites (N-methyl/N-ethyl adjacent to an activating group) is 1.